The Hall–Kier alpha value is -1.16. The molecule has 17 heavy (non-hydrogen) atoms. The molecule has 0 aliphatic rings. The topological polar surface area (TPSA) is 58.9 Å². The lowest BCUT2D eigenvalue weighted by Crippen LogP contribution is -2.10. The number of pyridine rings is 1. The van der Waals surface area contributed by atoms with Gasteiger partial charge in [-0.25, -0.2) is 0 Å². The lowest BCUT2D eigenvalue weighted by molar-refractivity contribution is 1.31. The largest absolute Gasteiger partial charge is 0.394 e. The second-order valence-corrected chi connectivity index (χ2v) is 4.60. The first-order chi connectivity index (χ1) is 8.00. The number of anilines is 1. The Labute approximate surface area is 112 Å². The maximum absolute atomic E-state index is 11.8. The summed E-state index contributed by atoms with van der Waals surface area (Å²) < 4.78 is 0. The second-order valence-electron chi connectivity index (χ2n) is 3.41. The zero-order chi connectivity index (χ0) is 12.6. The molecule has 0 aliphatic heterocycles. The smallest absolute Gasteiger partial charge is 0.212 e. The quantitative estimate of drug-likeness (QED) is 0.788. The van der Waals surface area contributed by atoms with Crippen molar-refractivity contribution in [3.8, 4) is 11.1 Å². The summed E-state index contributed by atoms with van der Waals surface area (Å²) in [5.74, 6) is 0. The third-order valence-corrected chi connectivity index (χ3v) is 3.46. The highest BCUT2D eigenvalue weighted by molar-refractivity contribution is 6.48. The molecular weight excluding hydrogens is 282 g/mol. The summed E-state index contributed by atoms with van der Waals surface area (Å²) in [6, 6.07) is 3.14. The van der Waals surface area contributed by atoms with Gasteiger partial charge in [0.2, 0.25) is 5.43 Å². The fourth-order valence-corrected chi connectivity index (χ4v) is 2.02. The minimum absolute atomic E-state index is 0.129. The van der Waals surface area contributed by atoms with Crippen molar-refractivity contribution in [2.24, 2.45) is 0 Å². The summed E-state index contributed by atoms with van der Waals surface area (Å²) in [5.41, 5.74) is 6.34. The maximum atomic E-state index is 11.8. The molecule has 2 aromatic rings. The SMILES string of the molecule is Nc1c[nH]cc(-c2cc(Cl)c(Cl)c(Cl)c2)c1=O. The minimum atomic E-state index is -0.279. The predicted octanol–water partition coefficient (Wildman–Crippen LogP) is 3.58. The second kappa shape index (κ2) is 4.61. The fraction of sp³-hybridized carbons (Fsp3) is 0. The van der Waals surface area contributed by atoms with Crippen LogP contribution in [0.4, 0.5) is 5.69 Å². The lowest BCUT2D eigenvalue weighted by Gasteiger charge is -2.05. The molecule has 6 heteroatoms. The van der Waals surface area contributed by atoms with Crippen LogP contribution in [0.25, 0.3) is 11.1 Å². The van der Waals surface area contributed by atoms with E-state index in [1.807, 2.05) is 0 Å². The molecule has 3 N–H and O–H groups in total. The van der Waals surface area contributed by atoms with E-state index >= 15 is 0 Å². The van der Waals surface area contributed by atoms with Crippen molar-refractivity contribution < 1.29 is 0 Å². The maximum Gasteiger partial charge on any atom is 0.212 e. The monoisotopic (exact) mass is 288 g/mol. The van der Waals surface area contributed by atoms with Crippen LogP contribution in [0.15, 0.2) is 29.3 Å². The van der Waals surface area contributed by atoms with Crippen molar-refractivity contribution in [3.63, 3.8) is 0 Å². The van der Waals surface area contributed by atoms with Crippen LogP contribution in [0, 0.1) is 0 Å². The molecule has 1 aromatic carbocycles. The van der Waals surface area contributed by atoms with Crippen LogP contribution in [0.3, 0.4) is 0 Å². The Bertz CT molecular complexity index is 614. The first-order valence-corrected chi connectivity index (χ1v) is 5.75. The summed E-state index contributed by atoms with van der Waals surface area (Å²) in [6.45, 7) is 0. The number of nitrogens with one attached hydrogen (secondary N) is 1. The molecule has 0 amide bonds. The molecule has 0 radical (unpaired) electrons. The number of H-pyrrole nitrogens is 1. The average Bonchev–Trinajstić information content (AvgIpc) is 2.29. The van der Waals surface area contributed by atoms with Gasteiger partial charge in [0.25, 0.3) is 0 Å². The third kappa shape index (κ3) is 2.27. The van der Waals surface area contributed by atoms with Crippen LogP contribution in [-0.4, -0.2) is 4.98 Å². The van der Waals surface area contributed by atoms with Gasteiger partial charge in [0, 0.05) is 18.0 Å². The number of nitrogen functional groups attached to an aromatic ring is 1. The van der Waals surface area contributed by atoms with E-state index in [0.29, 0.717) is 11.1 Å². The van der Waals surface area contributed by atoms with Gasteiger partial charge in [-0.1, -0.05) is 34.8 Å². The summed E-state index contributed by atoms with van der Waals surface area (Å²) in [4.78, 5) is 14.6. The van der Waals surface area contributed by atoms with Crippen LogP contribution in [0.5, 0.6) is 0 Å². The van der Waals surface area contributed by atoms with Gasteiger partial charge in [-0.15, -0.1) is 0 Å². The molecule has 1 heterocycles. The van der Waals surface area contributed by atoms with E-state index in [9.17, 15) is 4.79 Å². The Morgan fingerprint density at radius 1 is 1.06 bits per heavy atom. The number of aromatic nitrogens is 1. The molecular formula is C11H7Cl3N2O. The Balaban J connectivity index is 2.70. The third-order valence-electron chi connectivity index (χ3n) is 2.27. The van der Waals surface area contributed by atoms with E-state index in [2.05, 4.69) is 4.98 Å². The van der Waals surface area contributed by atoms with Gasteiger partial charge < -0.3 is 10.7 Å². The number of nitrogens with two attached hydrogens (primary N) is 1. The number of aromatic amines is 1. The van der Waals surface area contributed by atoms with E-state index in [0.717, 1.165) is 0 Å². The van der Waals surface area contributed by atoms with Crippen molar-refractivity contribution in [1.82, 2.24) is 4.98 Å². The van der Waals surface area contributed by atoms with Crippen molar-refractivity contribution in [1.29, 1.82) is 0 Å². The van der Waals surface area contributed by atoms with Gasteiger partial charge in [0.1, 0.15) is 0 Å². The molecule has 0 unspecified atom stereocenters. The molecule has 0 bridgehead atoms. The molecule has 88 valence electrons. The van der Waals surface area contributed by atoms with E-state index in [-0.39, 0.29) is 26.2 Å². The van der Waals surface area contributed by atoms with E-state index in [4.69, 9.17) is 40.5 Å². The first kappa shape index (κ1) is 12.3. The van der Waals surface area contributed by atoms with Crippen LogP contribution >= 0.6 is 34.8 Å². The van der Waals surface area contributed by atoms with Crippen LogP contribution < -0.4 is 11.2 Å². The Morgan fingerprint density at radius 2 is 1.65 bits per heavy atom. The van der Waals surface area contributed by atoms with E-state index in [1.165, 1.54) is 12.4 Å². The van der Waals surface area contributed by atoms with Gasteiger partial charge in [0.05, 0.1) is 20.8 Å². The molecule has 1 aromatic heterocycles. The Kier molecular flexibility index (Phi) is 3.33. The number of hydrogen-bond acceptors (Lipinski definition) is 2. The number of hydrogen-bond donors (Lipinski definition) is 2. The highest BCUT2D eigenvalue weighted by Crippen LogP contribution is 2.34. The van der Waals surface area contributed by atoms with Crippen LogP contribution in [0.2, 0.25) is 15.1 Å². The number of rotatable bonds is 1. The van der Waals surface area contributed by atoms with Crippen molar-refractivity contribution in [2.45, 2.75) is 0 Å². The molecule has 0 spiro atoms. The highest BCUT2D eigenvalue weighted by Gasteiger charge is 2.10. The normalized spacial score (nSPS) is 10.5. The van der Waals surface area contributed by atoms with Crippen molar-refractivity contribution in [3.05, 3.63) is 49.8 Å². The predicted molar refractivity (Wildman–Crippen MR) is 71.9 cm³/mol. The average molecular weight is 290 g/mol. The van der Waals surface area contributed by atoms with Gasteiger partial charge in [-0.3, -0.25) is 4.79 Å². The molecule has 0 atom stereocenters. The van der Waals surface area contributed by atoms with Crippen molar-refractivity contribution >= 4 is 40.5 Å². The van der Waals surface area contributed by atoms with Gasteiger partial charge in [0.15, 0.2) is 0 Å². The standard InChI is InChI=1S/C11H7Cl3N2O/c12-7-1-5(2-8(13)10(7)14)6-3-16-4-9(15)11(6)17/h1-4H,15H2,(H,16,17). The summed E-state index contributed by atoms with van der Waals surface area (Å²) in [5, 5.41) is 0.837. The van der Waals surface area contributed by atoms with E-state index < -0.39 is 0 Å². The lowest BCUT2D eigenvalue weighted by atomic mass is 10.1. The van der Waals surface area contributed by atoms with E-state index in [1.54, 1.807) is 12.1 Å². The minimum Gasteiger partial charge on any atom is -0.394 e. The summed E-state index contributed by atoms with van der Waals surface area (Å²) >= 11 is 17.6. The summed E-state index contributed by atoms with van der Waals surface area (Å²) in [6.07, 6.45) is 2.96. The number of benzene rings is 1. The van der Waals surface area contributed by atoms with Gasteiger partial charge >= 0.3 is 0 Å². The van der Waals surface area contributed by atoms with Gasteiger partial charge in [-0.05, 0) is 17.7 Å². The van der Waals surface area contributed by atoms with Crippen LogP contribution in [-0.2, 0) is 0 Å². The van der Waals surface area contributed by atoms with Crippen molar-refractivity contribution in [2.75, 3.05) is 5.73 Å². The molecule has 3 nitrogen and oxygen atoms in total. The molecule has 0 saturated carbocycles. The Morgan fingerprint density at radius 3 is 2.24 bits per heavy atom. The zero-order valence-corrected chi connectivity index (χ0v) is 10.7. The summed E-state index contributed by atoms with van der Waals surface area (Å²) in [7, 11) is 0. The first-order valence-electron chi connectivity index (χ1n) is 4.62. The molecule has 0 fully saturated rings. The van der Waals surface area contributed by atoms with Gasteiger partial charge in [-0.2, -0.15) is 0 Å². The highest BCUT2D eigenvalue weighted by atomic mass is 35.5. The van der Waals surface area contributed by atoms with Crippen LogP contribution in [0.1, 0.15) is 0 Å². The molecule has 0 saturated heterocycles. The molecule has 2 rings (SSSR count). The zero-order valence-electron chi connectivity index (χ0n) is 8.43. The molecule has 0 aliphatic carbocycles. The fourth-order valence-electron chi connectivity index (χ4n) is 1.43. The number of halogens is 3.